The van der Waals surface area contributed by atoms with E-state index in [1.807, 2.05) is 12.1 Å². The lowest BCUT2D eigenvalue weighted by Crippen LogP contribution is -2.09. The van der Waals surface area contributed by atoms with Crippen LogP contribution >= 0.6 is 8.58 Å². The second kappa shape index (κ2) is 6.45. The van der Waals surface area contributed by atoms with E-state index in [1.54, 1.807) is 0 Å². The molecule has 3 rings (SSSR count). The van der Waals surface area contributed by atoms with Gasteiger partial charge in [0.25, 0.3) is 0 Å². The molecule has 20 heavy (non-hydrogen) atoms. The molecule has 1 atom stereocenters. The molecule has 0 amide bonds. The van der Waals surface area contributed by atoms with Crippen LogP contribution < -0.4 is 10.7 Å². The summed E-state index contributed by atoms with van der Waals surface area (Å²) in [5.74, 6) is 0. The Labute approximate surface area is 121 Å². The van der Waals surface area contributed by atoms with Crippen LogP contribution in [-0.2, 0) is 6.42 Å². The lowest BCUT2D eigenvalue weighted by atomic mass is 10.1. The minimum Gasteiger partial charge on any atom is -0.253 e. The van der Waals surface area contributed by atoms with Gasteiger partial charge in [0.05, 0.1) is 5.44 Å². The summed E-state index contributed by atoms with van der Waals surface area (Å²) in [5, 5.41) is 1.33. The predicted molar refractivity (Wildman–Crippen MR) is 87.5 cm³/mol. The zero-order chi connectivity index (χ0) is 13.6. The molecule has 0 bridgehead atoms. The number of hydrogen-bond donors (Lipinski definition) is 0. The van der Waals surface area contributed by atoms with Crippen LogP contribution in [-0.4, -0.2) is 4.98 Å². The molecule has 2 heteroatoms. The van der Waals surface area contributed by atoms with E-state index in [0.29, 0.717) is 8.58 Å². The van der Waals surface area contributed by atoms with E-state index >= 15 is 0 Å². The van der Waals surface area contributed by atoms with E-state index in [1.165, 1.54) is 10.9 Å². The van der Waals surface area contributed by atoms with Gasteiger partial charge in [0.15, 0.2) is 0 Å². The van der Waals surface area contributed by atoms with Gasteiger partial charge in [-0.2, -0.15) is 0 Å². The third kappa shape index (κ3) is 3.53. The third-order valence-corrected chi connectivity index (χ3v) is 4.24. The lowest BCUT2D eigenvalue weighted by Gasteiger charge is -2.05. The van der Waals surface area contributed by atoms with Crippen LogP contribution in [0.15, 0.2) is 78.9 Å². The van der Waals surface area contributed by atoms with Gasteiger partial charge in [-0.1, -0.05) is 66.7 Å². The number of hydrogen-bond acceptors (Lipinski definition) is 1. The highest BCUT2D eigenvalue weighted by molar-refractivity contribution is 7.55. The fourth-order valence-corrected chi connectivity index (χ4v) is 3.16. The Morgan fingerprint density at radius 2 is 1.40 bits per heavy atom. The standard InChI is InChI=1S/C18H16NP/c1-3-8-15(9-4-1)14-16-10-7-13-18(19-16)20-17-11-5-2-6-12-17/h1-13,20H,14H2. The van der Waals surface area contributed by atoms with Gasteiger partial charge in [-0.05, 0) is 31.6 Å². The third-order valence-electron chi connectivity index (χ3n) is 3.08. The van der Waals surface area contributed by atoms with E-state index < -0.39 is 0 Å². The molecule has 0 N–H and O–H groups in total. The molecule has 0 aliphatic rings. The molecular formula is C18H16NP. The zero-order valence-corrected chi connectivity index (χ0v) is 12.2. The van der Waals surface area contributed by atoms with Crippen molar-refractivity contribution in [2.24, 2.45) is 0 Å². The normalized spacial score (nSPS) is 11.0. The van der Waals surface area contributed by atoms with Crippen LogP contribution in [0, 0.1) is 0 Å². The average molecular weight is 277 g/mol. The van der Waals surface area contributed by atoms with Gasteiger partial charge in [0, 0.05) is 12.1 Å². The van der Waals surface area contributed by atoms with Crippen LogP contribution in [0.25, 0.3) is 0 Å². The fourth-order valence-electron chi connectivity index (χ4n) is 2.12. The highest BCUT2D eigenvalue weighted by Crippen LogP contribution is 2.11. The van der Waals surface area contributed by atoms with E-state index in [4.69, 9.17) is 4.98 Å². The fraction of sp³-hybridized carbons (Fsp3) is 0.0556. The van der Waals surface area contributed by atoms with E-state index in [0.717, 1.165) is 17.5 Å². The van der Waals surface area contributed by atoms with Gasteiger partial charge in [0.1, 0.15) is 0 Å². The number of benzene rings is 2. The van der Waals surface area contributed by atoms with Crippen molar-refractivity contribution in [3.8, 4) is 0 Å². The summed E-state index contributed by atoms with van der Waals surface area (Å²) in [6.45, 7) is 0. The topological polar surface area (TPSA) is 12.9 Å². The molecule has 98 valence electrons. The summed E-state index contributed by atoms with van der Waals surface area (Å²) in [5.41, 5.74) is 3.60. The summed E-state index contributed by atoms with van der Waals surface area (Å²) >= 11 is 0. The number of aromatic nitrogens is 1. The maximum atomic E-state index is 4.78. The van der Waals surface area contributed by atoms with Gasteiger partial charge < -0.3 is 0 Å². The van der Waals surface area contributed by atoms with Crippen molar-refractivity contribution in [3.05, 3.63) is 90.1 Å². The van der Waals surface area contributed by atoms with Crippen LogP contribution in [0.2, 0.25) is 0 Å². The Kier molecular flexibility index (Phi) is 4.20. The first-order valence-corrected chi connectivity index (χ1v) is 7.72. The van der Waals surface area contributed by atoms with Gasteiger partial charge in [-0.15, -0.1) is 0 Å². The zero-order valence-electron chi connectivity index (χ0n) is 11.2. The molecular weight excluding hydrogens is 261 g/mol. The quantitative estimate of drug-likeness (QED) is 0.667. The molecule has 1 aromatic heterocycles. The molecule has 0 saturated carbocycles. The number of rotatable bonds is 4. The molecule has 0 aliphatic heterocycles. The van der Waals surface area contributed by atoms with Gasteiger partial charge in [0.2, 0.25) is 0 Å². The maximum absolute atomic E-state index is 4.78. The molecule has 3 aromatic rings. The summed E-state index contributed by atoms with van der Waals surface area (Å²) < 4.78 is 0. The predicted octanol–water partition coefficient (Wildman–Crippen LogP) is 3.30. The van der Waals surface area contributed by atoms with Crippen LogP contribution in [0.5, 0.6) is 0 Å². The van der Waals surface area contributed by atoms with E-state index in [-0.39, 0.29) is 0 Å². The maximum Gasteiger partial charge on any atom is 0.0648 e. The largest absolute Gasteiger partial charge is 0.253 e. The first-order chi connectivity index (χ1) is 9.90. The molecule has 1 unspecified atom stereocenters. The smallest absolute Gasteiger partial charge is 0.0648 e. The highest BCUT2D eigenvalue weighted by Gasteiger charge is 2.01. The molecule has 0 fully saturated rings. The Balaban J connectivity index is 1.76. The first-order valence-electron chi connectivity index (χ1n) is 6.72. The molecule has 0 saturated heterocycles. The van der Waals surface area contributed by atoms with Gasteiger partial charge >= 0.3 is 0 Å². The SMILES string of the molecule is c1ccc(Cc2cccc(Pc3ccccc3)n2)cc1. The van der Waals surface area contributed by atoms with E-state index in [9.17, 15) is 0 Å². The minimum absolute atomic E-state index is 0.623. The monoisotopic (exact) mass is 277 g/mol. The number of pyridine rings is 1. The van der Waals surface area contributed by atoms with Crippen molar-refractivity contribution in [3.63, 3.8) is 0 Å². The van der Waals surface area contributed by atoms with Crippen molar-refractivity contribution < 1.29 is 0 Å². The first kappa shape index (κ1) is 13.0. The second-order valence-corrected chi connectivity index (χ2v) is 6.01. The van der Waals surface area contributed by atoms with Crippen molar-refractivity contribution in [1.82, 2.24) is 4.98 Å². The van der Waals surface area contributed by atoms with Crippen LogP contribution in [0.3, 0.4) is 0 Å². The Morgan fingerprint density at radius 1 is 0.700 bits per heavy atom. The molecule has 0 radical (unpaired) electrons. The molecule has 0 aliphatic carbocycles. The Hall–Kier alpha value is -1.98. The van der Waals surface area contributed by atoms with Crippen LogP contribution in [0.4, 0.5) is 0 Å². The summed E-state index contributed by atoms with van der Waals surface area (Å²) in [6.07, 6.45) is 0.897. The van der Waals surface area contributed by atoms with E-state index in [2.05, 4.69) is 66.7 Å². The van der Waals surface area contributed by atoms with Crippen molar-refractivity contribution >= 4 is 19.3 Å². The Morgan fingerprint density at radius 3 is 2.15 bits per heavy atom. The van der Waals surface area contributed by atoms with Gasteiger partial charge in [-0.3, -0.25) is 4.98 Å². The molecule has 0 spiro atoms. The Bertz CT molecular complexity index is 609. The van der Waals surface area contributed by atoms with Crippen molar-refractivity contribution in [1.29, 1.82) is 0 Å². The van der Waals surface area contributed by atoms with Crippen molar-refractivity contribution in [2.75, 3.05) is 0 Å². The summed E-state index contributed by atoms with van der Waals surface area (Å²) in [4.78, 5) is 4.78. The lowest BCUT2D eigenvalue weighted by molar-refractivity contribution is 1.09. The van der Waals surface area contributed by atoms with Crippen LogP contribution in [0.1, 0.15) is 11.3 Å². The second-order valence-electron chi connectivity index (χ2n) is 4.67. The average Bonchev–Trinajstić information content (AvgIpc) is 2.50. The summed E-state index contributed by atoms with van der Waals surface area (Å²) in [6, 6.07) is 27.3. The molecule has 1 heterocycles. The summed E-state index contributed by atoms with van der Waals surface area (Å²) in [7, 11) is 0.623. The van der Waals surface area contributed by atoms with Gasteiger partial charge in [-0.25, -0.2) is 0 Å². The number of nitrogens with zero attached hydrogens (tertiary/aromatic N) is 1. The highest BCUT2D eigenvalue weighted by atomic mass is 31.1. The molecule has 2 aromatic carbocycles. The minimum atomic E-state index is 0.623. The van der Waals surface area contributed by atoms with Crippen molar-refractivity contribution in [2.45, 2.75) is 6.42 Å². The molecule has 1 nitrogen and oxygen atoms in total.